The minimum absolute atomic E-state index is 0.403. The van der Waals surface area contributed by atoms with E-state index in [1.54, 1.807) is 18.1 Å². The van der Waals surface area contributed by atoms with Gasteiger partial charge < -0.3 is 4.74 Å². The maximum Gasteiger partial charge on any atom is 0.119 e. The number of aryl methyl sites for hydroxylation is 1. The van der Waals surface area contributed by atoms with Crippen molar-refractivity contribution in [3.05, 3.63) is 28.8 Å². The second kappa shape index (κ2) is 10.4. The Labute approximate surface area is 149 Å². The molecule has 1 aliphatic heterocycles. The number of benzene rings is 1. The molecule has 23 heavy (non-hydrogen) atoms. The minimum atomic E-state index is -0.403. The summed E-state index contributed by atoms with van der Waals surface area (Å²) in [5.74, 6) is 1.75. The zero-order valence-corrected chi connectivity index (χ0v) is 16.9. The molecule has 130 valence electrons. The minimum Gasteiger partial charge on any atom is -0.493 e. The van der Waals surface area contributed by atoms with Gasteiger partial charge in [0.25, 0.3) is 0 Å². The van der Waals surface area contributed by atoms with Crippen LogP contribution in [-0.4, -0.2) is 15.4 Å². The van der Waals surface area contributed by atoms with Crippen LogP contribution in [0.1, 0.15) is 57.4 Å². The molecule has 0 amide bonds. The lowest BCUT2D eigenvalue weighted by atomic mass is 10.0. The predicted molar refractivity (Wildman–Crippen MR) is 105 cm³/mol. The van der Waals surface area contributed by atoms with Crippen molar-refractivity contribution in [3.8, 4) is 5.75 Å². The molecule has 2 rings (SSSR count). The molecule has 1 aromatic carbocycles. The number of unbranched alkanes of at least 4 members (excludes halogenated alkanes) is 4. The van der Waals surface area contributed by atoms with Gasteiger partial charge in [-0.05, 0) is 49.4 Å². The summed E-state index contributed by atoms with van der Waals surface area (Å²) in [5.41, 5.74) is 1.10. The summed E-state index contributed by atoms with van der Waals surface area (Å²) in [6, 6.07) is 10.7. The highest BCUT2D eigenvalue weighted by Gasteiger charge is 2.22. The molecule has 1 heterocycles. The van der Waals surface area contributed by atoms with Crippen LogP contribution in [0.2, 0.25) is 23.2 Å². The summed E-state index contributed by atoms with van der Waals surface area (Å²) < 4.78 is 6.00. The van der Waals surface area contributed by atoms with Crippen LogP contribution in [0.5, 0.6) is 5.75 Å². The number of rotatable bonds is 9. The van der Waals surface area contributed by atoms with Crippen molar-refractivity contribution in [3.63, 3.8) is 0 Å². The Bertz CT molecular complexity index is 455. The molecule has 0 aliphatic carbocycles. The molecule has 0 aromatic heterocycles. The highest BCUT2D eigenvalue weighted by atomic mass is 35.5. The van der Waals surface area contributed by atoms with Crippen LogP contribution in [0.4, 0.5) is 0 Å². The van der Waals surface area contributed by atoms with Crippen molar-refractivity contribution < 1.29 is 4.74 Å². The van der Waals surface area contributed by atoms with E-state index >= 15 is 0 Å². The first-order valence-electron chi connectivity index (χ1n) is 9.58. The summed E-state index contributed by atoms with van der Waals surface area (Å²) in [7, 11) is -0.403. The van der Waals surface area contributed by atoms with Gasteiger partial charge in [0.2, 0.25) is 0 Å². The van der Waals surface area contributed by atoms with Crippen molar-refractivity contribution in [2.75, 3.05) is 6.61 Å². The van der Waals surface area contributed by atoms with E-state index in [-0.39, 0.29) is 0 Å². The Kier molecular flexibility index (Phi) is 8.53. The number of hydrogen-bond donors (Lipinski definition) is 0. The monoisotopic (exact) mass is 352 g/mol. The average molecular weight is 353 g/mol. The smallest absolute Gasteiger partial charge is 0.119 e. The Morgan fingerprint density at radius 2 is 1.87 bits per heavy atom. The summed E-state index contributed by atoms with van der Waals surface area (Å²) in [6.45, 7) is 5.22. The van der Waals surface area contributed by atoms with Crippen LogP contribution >= 0.6 is 11.6 Å². The molecular formula is C20H33ClOSi. The van der Waals surface area contributed by atoms with E-state index in [1.807, 2.05) is 19.1 Å². The fraction of sp³-hybridized carbons (Fsp3) is 0.700. The third-order valence-corrected chi connectivity index (χ3v) is 9.25. The maximum absolute atomic E-state index is 6.06. The van der Waals surface area contributed by atoms with Gasteiger partial charge in [-0.2, -0.15) is 0 Å². The average Bonchev–Trinajstić information content (AvgIpc) is 2.57. The second-order valence-corrected chi connectivity index (χ2v) is 11.2. The van der Waals surface area contributed by atoms with E-state index in [9.17, 15) is 0 Å². The van der Waals surface area contributed by atoms with E-state index in [1.165, 1.54) is 44.9 Å². The van der Waals surface area contributed by atoms with Crippen LogP contribution in [0.15, 0.2) is 18.2 Å². The van der Waals surface area contributed by atoms with Crippen LogP contribution in [0.25, 0.3) is 0 Å². The molecule has 0 radical (unpaired) electrons. The topological polar surface area (TPSA) is 9.23 Å². The van der Waals surface area contributed by atoms with Crippen LogP contribution in [-0.2, 0) is 0 Å². The van der Waals surface area contributed by atoms with Gasteiger partial charge in [0.15, 0.2) is 0 Å². The molecule has 0 N–H and O–H groups in total. The van der Waals surface area contributed by atoms with Gasteiger partial charge in [-0.1, -0.05) is 68.8 Å². The number of hydrogen-bond acceptors (Lipinski definition) is 1. The Morgan fingerprint density at radius 3 is 2.57 bits per heavy atom. The third-order valence-electron chi connectivity index (χ3n) is 5.30. The van der Waals surface area contributed by atoms with Crippen molar-refractivity contribution >= 4 is 20.4 Å². The predicted octanol–water partition coefficient (Wildman–Crippen LogP) is 6.63. The quantitative estimate of drug-likeness (QED) is 0.357. The molecule has 1 saturated heterocycles. The first-order valence-corrected chi connectivity index (χ1v) is 12.4. The highest BCUT2D eigenvalue weighted by molar-refractivity contribution is 6.58. The molecule has 0 saturated carbocycles. The second-order valence-electron chi connectivity index (χ2n) is 7.31. The van der Waals surface area contributed by atoms with Crippen LogP contribution in [0, 0.1) is 12.8 Å². The molecule has 1 aromatic rings. The maximum atomic E-state index is 6.06. The van der Waals surface area contributed by atoms with Crippen LogP contribution in [0.3, 0.4) is 0 Å². The van der Waals surface area contributed by atoms with Crippen LogP contribution < -0.4 is 4.74 Å². The first kappa shape index (κ1) is 18.9. The zero-order chi connectivity index (χ0) is 16.5. The van der Waals surface area contributed by atoms with E-state index in [4.69, 9.17) is 16.3 Å². The number of halogens is 1. The standard InChI is InChI=1S/C20H33ClOSi/c1-3-4-5-6-7-12-23-13-10-18(11-14-23)16-22-19-8-9-20(21)17(2)15-19/h8-9,15,18,23H,3-7,10-14,16H2,1-2H3. The first-order chi connectivity index (χ1) is 11.2. The van der Waals surface area contributed by atoms with Gasteiger partial charge in [0.05, 0.1) is 6.61 Å². The summed E-state index contributed by atoms with van der Waals surface area (Å²) in [6.07, 6.45) is 10.0. The Morgan fingerprint density at radius 1 is 1.13 bits per heavy atom. The fourth-order valence-corrected chi connectivity index (χ4v) is 7.38. The van der Waals surface area contributed by atoms with Crippen molar-refractivity contribution in [2.24, 2.45) is 5.92 Å². The zero-order valence-electron chi connectivity index (χ0n) is 15.0. The lowest BCUT2D eigenvalue weighted by Crippen LogP contribution is -2.24. The third kappa shape index (κ3) is 6.89. The van der Waals surface area contributed by atoms with Gasteiger partial charge in [-0.3, -0.25) is 0 Å². The number of ether oxygens (including phenoxy) is 1. The van der Waals surface area contributed by atoms with Gasteiger partial charge >= 0.3 is 0 Å². The summed E-state index contributed by atoms with van der Waals surface area (Å²) >= 11 is 6.06. The molecule has 1 fully saturated rings. The SMILES string of the molecule is CCCCCCC[SiH]1CCC(COc2ccc(Cl)c(C)c2)CC1. The van der Waals surface area contributed by atoms with Gasteiger partial charge in [-0.25, -0.2) is 0 Å². The molecule has 1 nitrogen and oxygen atoms in total. The molecule has 3 heteroatoms. The summed E-state index contributed by atoms with van der Waals surface area (Å²) in [5, 5.41) is 0.822. The molecule has 0 unspecified atom stereocenters. The molecule has 0 spiro atoms. The van der Waals surface area contributed by atoms with Crippen molar-refractivity contribution in [1.29, 1.82) is 0 Å². The molecule has 1 aliphatic rings. The van der Waals surface area contributed by atoms with E-state index < -0.39 is 8.80 Å². The highest BCUT2D eigenvalue weighted by Crippen LogP contribution is 2.29. The lowest BCUT2D eigenvalue weighted by Gasteiger charge is -2.27. The Hall–Kier alpha value is -0.473. The summed E-state index contributed by atoms with van der Waals surface area (Å²) in [4.78, 5) is 0. The molecule has 0 bridgehead atoms. The van der Waals surface area contributed by atoms with Crippen molar-refractivity contribution in [1.82, 2.24) is 0 Å². The lowest BCUT2D eigenvalue weighted by molar-refractivity contribution is 0.236. The van der Waals surface area contributed by atoms with Gasteiger partial charge in [0, 0.05) is 13.8 Å². The van der Waals surface area contributed by atoms with Gasteiger partial charge in [-0.15, -0.1) is 0 Å². The van der Waals surface area contributed by atoms with Crippen molar-refractivity contribution in [2.45, 2.75) is 76.9 Å². The largest absolute Gasteiger partial charge is 0.493 e. The normalized spacial score (nSPS) is 21.3. The fourth-order valence-electron chi connectivity index (χ4n) is 3.64. The van der Waals surface area contributed by atoms with E-state index in [0.29, 0.717) is 0 Å². The van der Waals surface area contributed by atoms with Gasteiger partial charge in [0.1, 0.15) is 5.75 Å². The van der Waals surface area contributed by atoms with E-state index in [2.05, 4.69) is 13.0 Å². The van der Waals surface area contributed by atoms with E-state index in [0.717, 1.165) is 28.9 Å². The molecule has 0 atom stereocenters. The molecular weight excluding hydrogens is 320 g/mol. The Balaban J connectivity index is 1.60.